The van der Waals surface area contributed by atoms with Crippen molar-refractivity contribution in [3.05, 3.63) is 94.3 Å². The fourth-order valence-corrected chi connectivity index (χ4v) is 4.74. The number of aromatic nitrogens is 3. The van der Waals surface area contributed by atoms with Gasteiger partial charge in [-0.05, 0) is 69.2 Å². The molecule has 4 rings (SSSR count). The molecule has 0 fully saturated rings. The van der Waals surface area contributed by atoms with Crippen LogP contribution in [0.2, 0.25) is 5.02 Å². The third-order valence-electron chi connectivity index (χ3n) is 5.65. The van der Waals surface area contributed by atoms with Gasteiger partial charge in [0.1, 0.15) is 0 Å². The first-order valence-electron chi connectivity index (χ1n) is 11.4. The lowest BCUT2D eigenvalue weighted by atomic mass is 10.1. The molecule has 180 valence electrons. The Labute approximate surface area is 215 Å². The number of hydrogen-bond donors (Lipinski definition) is 2. The summed E-state index contributed by atoms with van der Waals surface area (Å²) in [6.45, 7) is 8.37. The van der Waals surface area contributed by atoms with E-state index in [2.05, 4.69) is 39.9 Å². The summed E-state index contributed by atoms with van der Waals surface area (Å²) < 4.78 is 1.94. The number of aryl methyl sites for hydroxylation is 3. The van der Waals surface area contributed by atoms with E-state index < -0.39 is 5.25 Å². The number of nitrogens with one attached hydrogen (secondary N) is 2. The van der Waals surface area contributed by atoms with E-state index in [9.17, 15) is 4.79 Å². The summed E-state index contributed by atoms with van der Waals surface area (Å²) in [5.41, 5.74) is 5.94. The Kier molecular flexibility index (Phi) is 7.78. The number of halogens is 1. The van der Waals surface area contributed by atoms with Crippen LogP contribution in [0.3, 0.4) is 0 Å². The molecule has 0 saturated carbocycles. The average Bonchev–Trinajstić information content (AvgIpc) is 3.23. The summed E-state index contributed by atoms with van der Waals surface area (Å²) >= 11 is 7.65. The van der Waals surface area contributed by atoms with E-state index >= 15 is 0 Å². The molecule has 35 heavy (non-hydrogen) atoms. The van der Waals surface area contributed by atoms with Crippen LogP contribution in [0.4, 0.5) is 11.4 Å². The van der Waals surface area contributed by atoms with Gasteiger partial charge in [-0.15, -0.1) is 10.2 Å². The molecule has 0 bridgehead atoms. The number of carbonyl (C=O) groups is 1. The van der Waals surface area contributed by atoms with Crippen LogP contribution in [0, 0.1) is 20.8 Å². The zero-order chi connectivity index (χ0) is 24.9. The second-order valence-electron chi connectivity index (χ2n) is 8.45. The van der Waals surface area contributed by atoms with E-state index in [1.807, 2.05) is 79.9 Å². The zero-order valence-corrected chi connectivity index (χ0v) is 21.7. The van der Waals surface area contributed by atoms with Crippen LogP contribution < -0.4 is 10.6 Å². The van der Waals surface area contributed by atoms with Crippen LogP contribution in [0.15, 0.2) is 71.9 Å². The number of anilines is 2. The summed E-state index contributed by atoms with van der Waals surface area (Å²) in [5, 5.41) is 16.2. The first-order valence-corrected chi connectivity index (χ1v) is 12.6. The monoisotopic (exact) mass is 505 g/mol. The maximum absolute atomic E-state index is 13.0. The zero-order valence-electron chi connectivity index (χ0n) is 20.2. The quantitative estimate of drug-likeness (QED) is 0.265. The smallest absolute Gasteiger partial charge is 0.237 e. The number of para-hydroxylation sites is 1. The van der Waals surface area contributed by atoms with Gasteiger partial charge in [-0.2, -0.15) is 0 Å². The van der Waals surface area contributed by atoms with Crippen molar-refractivity contribution < 1.29 is 4.79 Å². The molecule has 0 aliphatic carbocycles. The molecule has 1 aromatic heterocycles. The number of rotatable bonds is 8. The maximum atomic E-state index is 13.0. The molecule has 4 aromatic rings. The third kappa shape index (κ3) is 6.05. The van der Waals surface area contributed by atoms with Crippen LogP contribution >= 0.6 is 23.4 Å². The Bertz CT molecular complexity index is 1320. The van der Waals surface area contributed by atoms with Crippen molar-refractivity contribution >= 4 is 40.6 Å². The normalized spacial score (nSPS) is 11.8. The molecule has 6 nitrogen and oxygen atoms in total. The van der Waals surface area contributed by atoms with Crippen molar-refractivity contribution in [3.63, 3.8) is 0 Å². The molecular weight excluding hydrogens is 478 g/mol. The van der Waals surface area contributed by atoms with E-state index in [1.165, 1.54) is 17.3 Å². The van der Waals surface area contributed by atoms with Gasteiger partial charge in [0.15, 0.2) is 11.0 Å². The lowest BCUT2D eigenvalue weighted by molar-refractivity contribution is -0.115. The van der Waals surface area contributed by atoms with Crippen LogP contribution in [-0.2, 0) is 11.3 Å². The van der Waals surface area contributed by atoms with Crippen LogP contribution in [0.25, 0.3) is 5.69 Å². The van der Waals surface area contributed by atoms with Crippen LogP contribution in [-0.4, -0.2) is 25.9 Å². The Balaban J connectivity index is 1.57. The lowest BCUT2D eigenvalue weighted by Crippen LogP contribution is -2.24. The maximum Gasteiger partial charge on any atom is 0.237 e. The summed E-state index contributed by atoms with van der Waals surface area (Å²) in [6, 6.07) is 21.7. The first-order chi connectivity index (χ1) is 16.8. The van der Waals surface area contributed by atoms with Gasteiger partial charge in [0, 0.05) is 16.4 Å². The Morgan fingerprint density at radius 1 is 1.00 bits per heavy atom. The molecule has 1 amide bonds. The molecule has 0 unspecified atom stereocenters. The number of hydrogen-bond acceptors (Lipinski definition) is 5. The second kappa shape index (κ2) is 11.0. The highest BCUT2D eigenvalue weighted by atomic mass is 35.5. The van der Waals surface area contributed by atoms with Gasteiger partial charge >= 0.3 is 0 Å². The van der Waals surface area contributed by atoms with Crippen molar-refractivity contribution in [2.24, 2.45) is 0 Å². The molecule has 3 aromatic carbocycles. The molecule has 1 heterocycles. The van der Waals surface area contributed by atoms with E-state index in [0.29, 0.717) is 16.7 Å². The highest BCUT2D eigenvalue weighted by Crippen LogP contribution is 2.29. The molecule has 0 radical (unpaired) electrons. The van der Waals surface area contributed by atoms with Gasteiger partial charge in [-0.25, -0.2) is 0 Å². The van der Waals surface area contributed by atoms with E-state index in [4.69, 9.17) is 11.6 Å². The summed E-state index contributed by atoms with van der Waals surface area (Å²) in [7, 11) is 0. The van der Waals surface area contributed by atoms with Crippen LogP contribution in [0.1, 0.15) is 29.4 Å². The van der Waals surface area contributed by atoms with Gasteiger partial charge in [0.2, 0.25) is 5.91 Å². The lowest BCUT2D eigenvalue weighted by Gasteiger charge is -2.16. The van der Waals surface area contributed by atoms with E-state index in [0.717, 1.165) is 34.0 Å². The van der Waals surface area contributed by atoms with Crippen molar-refractivity contribution in [1.82, 2.24) is 14.8 Å². The van der Waals surface area contributed by atoms with Gasteiger partial charge < -0.3 is 10.6 Å². The third-order valence-corrected chi connectivity index (χ3v) is 6.93. The van der Waals surface area contributed by atoms with Gasteiger partial charge in [0.05, 0.1) is 17.5 Å². The van der Waals surface area contributed by atoms with E-state index in [1.54, 1.807) is 0 Å². The van der Waals surface area contributed by atoms with E-state index in [-0.39, 0.29) is 5.91 Å². The minimum atomic E-state index is -0.394. The number of carbonyl (C=O) groups excluding carboxylic acids is 1. The standard InChI is InChI=1S/C27H28ClN5OS/c1-17-11-13-22(14-12-17)29-16-24-31-32-27(33(24)23-10-6-9-21(28)15-23)35-20(4)26(34)30-25-18(2)7-5-8-19(25)3/h5-15,20,29H,16H2,1-4H3,(H,30,34)/t20-/m0/s1. The van der Waals surface area contributed by atoms with Gasteiger partial charge in [-0.1, -0.05) is 65.3 Å². The number of thioether (sulfide) groups is 1. The molecule has 2 N–H and O–H groups in total. The number of amides is 1. The highest BCUT2D eigenvalue weighted by molar-refractivity contribution is 8.00. The van der Waals surface area contributed by atoms with Crippen molar-refractivity contribution in [2.75, 3.05) is 10.6 Å². The summed E-state index contributed by atoms with van der Waals surface area (Å²) in [4.78, 5) is 13.0. The summed E-state index contributed by atoms with van der Waals surface area (Å²) in [6.07, 6.45) is 0. The Morgan fingerprint density at radius 3 is 2.37 bits per heavy atom. The number of benzene rings is 3. The van der Waals surface area contributed by atoms with Gasteiger partial charge in [0.25, 0.3) is 0 Å². The molecule has 0 spiro atoms. The largest absolute Gasteiger partial charge is 0.378 e. The molecule has 1 atom stereocenters. The molecule has 0 saturated heterocycles. The van der Waals surface area contributed by atoms with Gasteiger partial charge in [-0.3, -0.25) is 9.36 Å². The fraction of sp³-hybridized carbons (Fsp3) is 0.222. The SMILES string of the molecule is Cc1ccc(NCc2nnc(S[C@@H](C)C(=O)Nc3c(C)cccc3C)n2-c2cccc(Cl)c2)cc1. The highest BCUT2D eigenvalue weighted by Gasteiger charge is 2.22. The van der Waals surface area contributed by atoms with Crippen molar-refractivity contribution in [3.8, 4) is 5.69 Å². The predicted octanol–water partition coefficient (Wildman–Crippen LogP) is 6.58. The second-order valence-corrected chi connectivity index (χ2v) is 10.2. The molecule has 0 aliphatic rings. The molecule has 8 heteroatoms. The average molecular weight is 506 g/mol. The Morgan fingerprint density at radius 2 is 1.69 bits per heavy atom. The molecule has 0 aliphatic heterocycles. The minimum absolute atomic E-state index is 0.0904. The topological polar surface area (TPSA) is 71.8 Å². The summed E-state index contributed by atoms with van der Waals surface area (Å²) in [5.74, 6) is 0.630. The first kappa shape index (κ1) is 24.8. The van der Waals surface area contributed by atoms with Crippen molar-refractivity contribution in [1.29, 1.82) is 0 Å². The Hall–Kier alpha value is -3.29. The minimum Gasteiger partial charge on any atom is -0.378 e. The predicted molar refractivity (Wildman–Crippen MR) is 145 cm³/mol. The fourth-order valence-electron chi connectivity index (χ4n) is 3.67. The van der Waals surface area contributed by atoms with Crippen molar-refractivity contribution in [2.45, 2.75) is 44.6 Å². The molecular formula is C27H28ClN5OS. The number of nitrogens with zero attached hydrogens (tertiary/aromatic N) is 3. The van der Waals surface area contributed by atoms with Crippen LogP contribution in [0.5, 0.6) is 0 Å².